The number of hydrogen-bond acceptors (Lipinski definition) is 1. The van der Waals surface area contributed by atoms with E-state index in [1.54, 1.807) is 0 Å². The Kier molecular flexibility index (Phi) is 2.52. The molecule has 0 radical (unpaired) electrons. The fourth-order valence-electron chi connectivity index (χ4n) is 3.80. The number of allylic oxidation sites excluding steroid dienone is 2. The molecule has 18 heavy (non-hydrogen) atoms. The standard InChI is InChI=1S/C10H5Cl7O/c11-3-1-2(4-5(3)18-4)9(15)7(13)6(12)8(1,14)10(9,16)17/h1-5H/t1-,2-,3?,4?,5-,8-,9+/m0/s1. The molecule has 1 saturated heterocycles. The molecule has 2 saturated carbocycles. The van der Waals surface area contributed by atoms with Gasteiger partial charge in [0, 0.05) is 11.8 Å². The number of halogens is 7. The van der Waals surface area contributed by atoms with Crippen LogP contribution in [0.15, 0.2) is 10.1 Å². The fourth-order valence-corrected chi connectivity index (χ4v) is 7.49. The molecule has 0 N–H and O–H groups in total. The number of hydrogen-bond donors (Lipinski definition) is 0. The third-order valence-corrected chi connectivity index (χ3v) is 9.44. The summed E-state index contributed by atoms with van der Waals surface area (Å²) in [7, 11) is 0. The van der Waals surface area contributed by atoms with E-state index in [1.807, 2.05) is 0 Å². The van der Waals surface area contributed by atoms with Crippen LogP contribution in [0.3, 0.4) is 0 Å². The Bertz CT molecular complexity index is 476. The molecule has 0 spiro atoms. The van der Waals surface area contributed by atoms with E-state index in [0.717, 1.165) is 0 Å². The molecule has 0 aromatic rings. The summed E-state index contributed by atoms with van der Waals surface area (Å²) in [6, 6.07) is 0. The lowest BCUT2D eigenvalue weighted by Crippen LogP contribution is -2.46. The molecule has 0 amide bonds. The van der Waals surface area contributed by atoms with Gasteiger partial charge in [0.15, 0.2) is 4.33 Å². The number of epoxide rings is 1. The first-order valence-electron chi connectivity index (χ1n) is 5.32. The summed E-state index contributed by atoms with van der Waals surface area (Å²) in [5.41, 5.74) is 0. The minimum Gasteiger partial charge on any atom is -0.368 e. The molecular weight excluding hydrogens is 384 g/mol. The highest BCUT2D eigenvalue weighted by Gasteiger charge is 2.89. The Morgan fingerprint density at radius 3 is 1.89 bits per heavy atom. The van der Waals surface area contributed by atoms with Crippen molar-refractivity contribution < 1.29 is 4.74 Å². The Morgan fingerprint density at radius 2 is 1.33 bits per heavy atom. The molecule has 0 aromatic carbocycles. The second kappa shape index (κ2) is 3.38. The van der Waals surface area contributed by atoms with E-state index in [0.29, 0.717) is 0 Å². The van der Waals surface area contributed by atoms with E-state index in [1.165, 1.54) is 0 Å². The number of ether oxygens (including phenoxy) is 1. The summed E-state index contributed by atoms with van der Waals surface area (Å²) in [6.45, 7) is 0. The zero-order valence-corrected chi connectivity index (χ0v) is 13.7. The lowest BCUT2D eigenvalue weighted by molar-refractivity contribution is 0.204. The lowest BCUT2D eigenvalue weighted by atomic mass is 9.83. The van der Waals surface area contributed by atoms with Gasteiger partial charge in [0.1, 0.15) is 15.9 Å². The minimum absolute atomic E-state index is 0.0608. The topological polar surface area (TPSA) is 12.5 Å². The highest BCUT2D eigenvalue weighted by molar-refractivity contribution is 6.66. The first-order chi connectivity index (χ1) is 8.20. The van der Waals surface area contributed by atoms with Gasteiger partial charge in [-0.1, -0.05) is 46.4 Å². The van der Waals surface area contributed by atoms with Gasteiger partial charge in [-0.15, -0.1) is 34.8 Å². The van der Waals surface area contributed by atoms with E-state index in [9.17, 15) is 0 Å². The van der Waals surface area contributed by atoms with Crippen LogP contribution in [0.5, 0.6) is 0 Å². The fraction of sp³-hybridized carbons (Fsp3) is 0.800. The lowest BCUT2D eigenvalue weighted by Gasteiger charge is -2.35. The maximum Gasteiger partial charge on any atom is 0.166 e. The predicted octanol–water partition coefficient (Wildman–Crippen LogP) is 4.45. The van der Waals surface area contributed by atoms with Gasteiger partial charge in [0.2, 0.25) is 0 Å². The summed E-state index contributed by atoms with van der Waals surface area (Å²) in [4.78, 5) is -2.48. The first kappa shape index (κ1) is 13.4. The average molecular weight is 389 g/mol. The van der Waals surface area contributed by atoms with Crippen LogP contribution >= 0.6 is 81.2 Å². The highest BCUT2D eigenvalue weighted by Crippen LogP contribution is 2.81. The maximum absolute atomic E-state index is 6.65. The van der Waals surface area contributed by atoms with Gasteiger partial charge in [0.05, 0.1) is 21.5 Å². The van der Waals surface area contributed by atoms with E-state index in [4.69, 9.17) is 85.9 Å². The first-order valence-corrected chi connectivity index (χ1v) is 8.02. The monoisotopic (exact) mass is 386 g/mol. The van der Waals surface area contributed by atoms with Crippen LogP contribution in [0.1, 0.15) is 0 Å². The summed E-state index contributed by atoms with van der Waals surface area (Å²) in [5, 5.41) is 0.111. The molecule has 1 nitrogen and oxygen atoms in total. The molecule has 2 unspecified atom stereocenters. The van der Waals surface area contributed by atoms with Crippen molar-refractivity contribution in [2.75, 3.05) is 0 Å². The van der Waals surface area contributed by atoms with Crippen LogP contribution in [0.2, 0.25) is 0 Å². The van der Waals surface area contributed by atoms with Gasteiger partial charge in [-0.3, -0.25) is 0 Å². The molecule has 1 aliphatic heterocycles. The summed E-state index contributed by atoms with van der Waals surface area (Å²) >= 11 is 45.0. The van der Waals surface area contributed by atoms with Crippen LogP contribution in [0.25, 0.3) is 0 Å². The van der Waals surface area contributed by atoms with Gasteiger partial charge in [-0.2, -0.15) is 0 Å². The number of alkyl halides is 5. The molecular formula is C10H5Cl7O. The molecule has 2 bridgehead atoms. The second-order valence-corrected chi connectivity index (χ2v) is 8.97. The van der Waals surface area contributed by atoms with Gasteiger partial charge >= 0.3 is 0 Å². The molecule has 4 aliphatic rings. The zero-order chi connectivity index (χ0) is 13.2. The van der Waals surface area contributed by atoms with Crippen molar-refractivity contribution in [2.24, 2.45) is 11.8 Å². The second-order valence-electron chi connectivity index (χ2n) is 5.19. The number of fused-ring (bicyclic) bond motifs is 7. The zero-order valence-electron chi connectivity index (χ0n) is 8.44. The number of rotatable bonds is 0. The van der Waals surface area contributed by atoms with Crippen molar-refractivity contribution in [1.82, 2.24) is 0 Å². The summed E-state index contributed by atoms with van der Waals surface area (Å²) in [5.74, 6) is -0.457. The van der Waals surface area contributed by atoms with Crippen LogP contribution in [-0.4, -0.2) is 31.7 Å². The van der Waals surface area contributed by atoms with Crippen molar-refractivity contribution >= 4 is 81.2 Å². The molecule has 3 aliphatic carbocycles. The van der Waals surface area contributed by atoms with Gasteiger partial charge < -0.3 is 4.74 Å². The highest BCUT2D eigenvalue weighted by atomic mass is 35.5. The average Bonchev–Trinajstić information content (AvgIpc) is 2.98. The Balaban J connectivity index is 2.01. The molecule has 1 heterocycles. The van der Waals surface area contributed by atoms with Gasteiger partial charge in [-0.25, -0.2) is 0 Å². The summed E-state index contributed by atoms with van der Waals surface area (Å²) < 4.78 is 4.00. The minimum atomic E-state index is -1.50. The van der Waals surface area contributed by atoms with E-state index >= 15 is 0 Å². The van der Waals surface area contributed by atoms with Crippen molar-refractivity contribution in [1.29, 1.82) is 0 Å². The van der Waals surface area contributed by atoms with Crippen LogP contribution in [-0.2, 0) is 4.74 Å². The van der Waals surface area contributed by atoms with E-state index < -0.39 is 14.1 Å². The normalized spacial score (nSPS) is 63.2. The van der Waals surface area contributed by atoms with Crippen LogP contribution in [0.4, 0.5) is 0 Å². The van der Waals surface area contributed by atoms with Crippen molar-refractivity contribution in [3.8, 4) is 0 Å². The molecule has 3 fully saturated rings. The molecule has 0 aromatic heterocycles. The van der Waals surface area contributed by atoms with Gasteiger partial charge in [-0.05, 0) is 0 Å². The Hall–Kier alpha value is 1.73. The quantitative estimate of drug-likeness (QED) is 0.441. The SMILES string of the molecule is ClC1=C(Cl)[C@]2(Cl)[C@@H]3C4O[C@H]4C(Cl)[C@H]3[C@@]1(Cl)C2(Cl)Cl. The van der Waals surface area contributed by atoms with Crippen molar-refractivity contribution in [3.05, 3.63) is 10.1 Å². The van der Waals surface area contributed by atoms with Crippen molar-refractivity contribution in [3.63, 3.8) is 0 Å². The van der Waals surface area contributed by atoms with Crippen LogP contribution < -0.4 is 0 Å². The maximum atomic E-state index is 6.65. The summed E-state index contributed by atoms with van der Waals surface area (Å²) in [6.07, 6.45) is -0.152. The largest absolute Gasteiger partial charge is 0.368 e. The predicted molar refractivity (Wildman–Crippen MR) is 75.6 cm³/mol. The van der Waals surface area contributed by atoms with Crippen LogP contribution in [0, 0.1) is 11.8 Å². The van der Waals surface area contributed by atoms with Gasteiger partial charge in [0.25, 0.3) is 0 Å². The molecule has 4 rings (SSSR count). The van der Waals surface area contributed by atoms with E-state index in [-0.39, 0.29) is 39.5 Å². The molecule has 8 heteroatoms. The van der Waals surface area contributed by atoms with Crippen molar-refractivity contribution in [2.45, 2.75) is 31.7 Å². The third-order valence-electron chi connectivity index (χ3n) is 4.62. The van der Waals surface area contributed by atoms with E-state index in [2.05, 4.69) is 0 Å². The Labute approximate surface area is 139 Å². The molecule has 100 valence electrons. The smallest absolute Gasteiger partial charge is 0.166 e. The Morgan fingerprint density at radius 1 is 0.833 bits per heavy atom. The third kappa shape index (κ3) is 1.02. The molecule has 7 atom stereocenters.